The number of rotatable bonds is 6. The van der Waals surface area contributed by atoms with Gasteiger partial charge in [-0.3, -0.25) is 4.79 Å². The van der Waals surface area contributed by atoms with Gasteiger partial charge in [-0.05, 0) is 31.4 Å². The normalized spacial score (nSPS) is 23.5. The average Bonchev–Trinajstić information content (AvgIpc) is 3.38. The summed E-state index contributed by atoms with van der Waals surface area (Å²) in [5, 5.41) is 10.4. The Morgan fingerprint density at radius 1 is 1.35 bits per heavy atom. The number of benzene rings is 1. The Morgan fingerprint density at radius 3 is 2.74 bits per heavy atom. The number of nitrogens with zero attached hydrogens (tertiary/aromatic N) is 2. The molecule has 1 amide bonds. The van der Waals surface area contributed by atoms with Crippen molar-refractivity contribution >= 4 is 5.91 Å². The summed E-state index contributed by atoms with van der Waals surface area (Å²) in [6.45, 7) is 3.75. The van der Waals surface area contributed by atoms with Crippen molar-refractivity contribution in [2.45, 2.75) is 25.0 Å². The van der Waals surface area contributed by atoms with E-state index in [2.05, 4.69) is 11.9 Å². The lowest BCUT2D eigenvalue weighted by molar-refractivity contribution is -0.144. The first-order valence-corrected chi connectivity index (χ1v) is 8.45. The van der Waals surface area contributed by atoms with Crippen molar-refractivity contribution in [3.05, 3.63) is 35.9 Å². The zero-order chi connectivity index (χ0) is 16.2. The molecule has 0 bridgehead atoms. The molecule has 1 aliphatic carbocycles. The summed E-state index contributed by atoms with van der Waals surface area (Å²) < 4.78 is 5.80. The number of hydrogen-bond donors (Lipinski definition) is 1. The summed E-state index contributed by atoms with van der Waals surface area (Å²) in [5.74, 6) is 0.378. The molecule has 1 saturated heterocycles. The molecule has 23 heavy (non-hydrogen) atoms. The molecular weight excluding hydrogens is 292 g/mol. The number of ether oxygens (including phenoxy) is 1. The van der Waals surface area contributed by atoms with Crippen molar-refractivity contribution in [3.63, 3.8) is 0 Å². The van der Waals surface area contributed by atoms with E-state index in [-0.39, 0.29) is 12.0 Å². The van der Waals surface area contributed by atoms with Gasteiger partial charge in [0.1, 0.15) is 0 Å². The van der Waals surface area contributed by atoms with E-state index in [1.807, 2.05) is 18.2 Å². The van der Waals surface area contributed by atoms with Crippen LogP contribution in [0.15, 0.2) is 30.3 Å². The maximum absolute atomic E-state index is 12.8. The highest BCUT2D eigenvalue weighted by molar-refractivity contribution is 5.82. The first kappa shape index (κ1) is 16.4. The molecule has 5 nitrogen and oxygen atoms in total. The summed E-state index contributed by atoms with van der Waals surface area (Å²) in [5.41, 5.74) is 0.653. The summed E-state index contributed by atoms with van der Waals surface area (Å²) in [6, 6.07) is 9.16. The molecule has 1 saturated carbocycles. The highest BCUT2D eigenvalue weighted by Gasteiger charge is 2.32. The molecule has 0 spiro atoms. The summed E-state index contributed by atoms with van der Waals surface area (Å²) >= 11 is 0. The zero-order valence-electron chi connectivity index (χ0n) is 13.7. The fourth-order valence-corrected chi connectivity index (χ4v) is 3.04. The number of hydrogen-bond acceptors (Lipinski definition) is 4. The maximum atomic E-state index is 12.8. The van der Waals surface area contributed by atoms with E-state index in [0.29, 0.717) is 24.6 Å². The van der Waals surface area contributed by atoms with Crippen molar-refractivity contribution in [3.8, 4) is 0 Å². The van der Waals surface area contributed by atoms with E-state index in [9.17, 15) is 9.90 Å². The third-order valence-electron chi connectivity index (χ3n) is 4.60. The van der Waals surface area contributed by atoms with Gasteiger partial charge < -0.3 is 19.6 Å². The lowest BCUT2D eigenvalue weighted by Gasteiger charge is -2.34. The van der Waals surface area contributed by atoms with Crippen LogP contribution in [0.2, 0.25) is 0 Å². The van der Waals surface area contributed by atoms with Crippen LogP contribution in [0.25, 0.3) is 0 Å². The van der Waals surface area contributed by atoms with Gasteiger partial charge in [0.2, 0.25) is 0 Å². The molecule has 1 heterocycles. The molecule has 1 aliphatic heterocycles. The summed E-state index contributed by atoms with van der Waals surface area (Å²) in [6.07, 6.45) is 1.29. The molecule has 5 heteroatoms. The molecule has 3 rings (SSSR count). The van der Waals surface area contributed by atoms with Gasteiger partial charge in [0, 0.05) is 26.2 Å². The predicted octanol–water partition coefficient (Wildman–Crippen LogP) is 1.29. The Kier molecular flexibility index (Phi) is 5.30. The quantitative estimate of drug-likeness (QED) is 0.859. The van der Waals surface area contributed by atoms with Gasteiger partial charge in [-0.2, -0.15) is 0 Å². The molecule has 0 unspecified atom stereocenters. The van der Waals surface area contributed by atoms with Gasteiger partial charge in [0.25, 0.3) is 5.91 Å². The largest absolute Gasteiger partial charge is 0.378 e. The van der Waals surface area contributed by atoms with Crippen LogP contribution < -0.4 is 0 Å². The molecule has 2 aliphatic rings. The standard InChI is InChI=1S/C18H26N2O3/c1-19-9-10-23-16(12-19)13-20(11-14-7-8-14)18(22)17(21)15-5-3-2-4-6-15/h2-6,14,16-17,21H,7-13H2,1H3/t16-,17-/m1/s1. The van der Waals surface area contributed by atoms with Gasteiger partial charge in [-0.15, -0.1) is 0 Å². The van der Waals surface area contributed by atoms with Crippen molar-refractivity contribution in [1.29, 1.82) is 0 Å². The number of amides is 1. The van der Waals surface area contributed by atoms with Crippen molar-refractivity contribution < 1.29 is 14.6 Å². The van der Waals surface area contributed by atoms with E-state index in [1.54, 1.807) is 17.0 Å². The van der Waals surface area contributed by atoms with Gasteiger partial charge in [-0.1, -0.05) is 30.3 Å². The van der Waals surface area contributed by atoms with Gasteiger partial charge >= 0.3 is 0 Å². The smallest absolute Gasteiger partial charge is 0.256 e. The van der Waals surface area contributed by atoms with Crippen LogP contribution in [0, 0.1) is 5.92 Å². The molecule has 2 atom stereocenters. The highest BCUT2D eigenvalue weighted by Crippen LogP contribution is 2.31. The topological polar surface area (TPSA) is 53.0 Å². The predicted molar refractivity (Wildman–Crippen MR) is 87.9 cm³/mol. The van der Waals surface area contributed by atoms with Gasteiger partial charge in [0.05, 0.1) is 12.7 Å². The highest BCUT2D eigenvalue weighted by atomic mass is 16.5. The number of likely N-dealkylation sites (N-methyl/N-ethyl adjacent to an activating group) is 1. The first-order chi connectivity index (χ1) is 11.1. The lowest BCUT2D eigenvalue weighted by Crippen LogP contribution is -2.49. The Balaban J connectivity index is 1.66. The fourth-order valence-electron chi connectivity index (χ4n) is 3.04. The van der Waals surface area contributed by atoms with Crippen molar-refractivity contribution in [2.24, 2.45) is 5.92 Å². The van der Waals surface area contributed by atoms with Crippen molar-refractivity contribution in [1.82, 2.24) is 9.80 Å². The van der Waals surface area contributed by atoms with Crippen LogP contribution in [-0.2, 0) is 9.53 Å². The van der Waals surface area contributed by atoms with Crippen LogP contribution >= 0.6 is 0 Å². The third-order valence-corrected chi connectivity index (χ3v) is 4.60. The minimum Gasteiger partial charge on any atom is -0.378 e. The SMILES string of the molecule is CN1CCO[C@@H](CN(CC2CC2)C(=O)[C@H](O)c2ccccc2)C1. The van der Waals surface area contributed by atoms with Crippen LogP contribution in [0.5, 0.6) is 0 Å². The minimum atomic E-state index is -1.09. The second-order valence-electron chi connectivity index (χ2n) is 6.75. The molecule has 0 radical (unpaired) electrons. The monoisotopic (exact) mass is 318 g/mol. The van der Waals surface area contributed by atoms with Gasteiger partial charge in [-0.25, -0.2) is 0 Å². The molecule has 126 valence electrons. The Bertz CT molecular complexity index is 518. The van der Waals surface area contributed by atoms with Crippen LogP contribution in [0.3, 0.4) is 0 Å². The molecule has 1 aromatic rings. The lowest BCUT2D eigenvalue weighted by atomic mass is 10.1. The number of carbonyl (C=O) groups is 1. The zero-order valence-corrected chi connectivity index (χ0v) is 13.7. The van der Waals surface area contributed by atoms with E-state index in [1.165, 1.54) is 12.8 Å². The third kappa shape index (κ3) is 4.53. The molecule has 1 N–H and O–H groups in total. The number of morpholine rings is 1. The second kappa shape index (κ2) is 7.43. The van der Waals surface area contributed by atoms with E-state index < -0.39 is 6.10 Å². The molecule has 0 aromatic heterocycles. The van der Waals surface area contributed by atoms with E-state index >= 15 is 0 Å². The summed E-state index contributed by atoms with van der Waals surface area (Å²) in [7, 11) is 2.07. The summed E-state index contributed by atoms with van der Waals surface area (Å²) in [4.78, 5) is 16.8. The maximum Gasteiger partial charge on any atom is 0.256 e. The Morgan fingerprint density at radius 2 is 2.09 bits per heavy atom. The van der Waals surface area contributed by atoms with Crippen LogP contribution in [-0.4, -0.2) is 66.8 Å². The van der Waals surface area contributed by atoms with Gasteiger partial charge in [0.15, 0.2) is 6.10 Å². The van der Waals surface area contributed by atoms with Crippen LogP contribution in [0.4, 0.5) is 0 Å². The first-order valence-electron chi connectivity index (χ1n) is 8.45. The number of aliphatic hydroxyl groups excluding tert-OH is 1. The van der Waals surface area contributed by atoms with E-state index in [4.69, 9.17) is 4.74 Å². The fraction of sp³-hybridized carbons (Fsp3) is 0.611. The molecular formula is C18H26N2O3. The number of carbonyl (C=O) groups excluding carboxylic acids is 1. The average molecular weight is 318 g/mol. The minimum absolute atomic E-state index is 0.0272. The van der Waals surface area contributed by atoms with Crippen LogP contribution in [0.1, 0.15) is 24.5 Å². The second-order valence-corrected chi connectivity index (χ2v) is 6.75. The van der Waals surface area contributed by atoms with Crippen molar-refractivity contribution in [2.75, 3.05) is 39.8 Å². The Hall–Kier alpha value is -1.43. The number of aliphatic hydroxyl groups is 1. The van der Waals surface area contributed by atoms with E-state index in [0.717, 1.165) is 19.6 Å². The Labute approximate surface area is 137 Å². The molecule has 2 fully saturated rings. The molecule has 1 aromatic carbocycles.